The molecule has 4 nitrogen and oxygen atoms in total. The van der Waals surface area contributed by atoms with E-state index in [1.807, 2.05) is 11.3 Å². The van der Waals surface area contributed by atoms with Crippen LogP contribution in [0.25, 0.3) is 0 Å². The number of aromatic nitrogens is 1. The molecule has 1 aliphatic heterocycles. The average molecular weight is 284 g/mol. The second-order valence-electron chi connectivity index (χ2n) is 4.95. The van der Waals surface area contributed by atoms with E-state index in [2.05, 4.69) is 12.2 Å². The van der Waals surface area contributed by atoms with Gasteiger partial charge in [0, 0.05) is 31.1 Å². The lowest BCUT2D eigenvalue weighted by Gasteiger charge is -2.19. The second kappa shape index (κ2) is 7.94. The van der Waals surface area contributed by atoms with Crippen LogP contribution in [0.2, 0.25) is 0 Å². The third kappa shape index (κ3) is 4.24. The van der Waals surface area contributed by atoms with Crippen molar-refractivity contribution >= 4 is 11.3 Å². The van der Waals surface area contributed by atoms with E-state index in [1.165, 1.54) is 16.3 Å². The maximum absolute atomic E-state index is 5.56. The minimum absolute atomic E-state index is 0.481. The smallest absolute Gasteiger partial charge is 0.0986 e. The highest BCUT2D eigenvalue weighted by Gasteiger charge is 2.21. The summed E-state index contributed by atoms with van der Waals surface area (Å²) < 4.78 is 10.8. The third-order valence-electron chi connectivity index (χ3n) is 3.30. The molecule has 0 spiro atoms. The van der Waals surface area contributed by atoms with Crippen LogP contribution in [0.1, 0.15) is 47.7 Å². The number of rotatable bonds is 7. The average Bonchev–Trinajstić information content (AvgIpc) is 2.84. The van der Waals surface area contributed by atoms with Crippen LogP contribution in [0.5, 0.6) is 0 Å². The Morgan fingerprint density at radius 1 is 1.53 bits per heavy atom. The number of nitrogens with one attached hydrogen (secondary N) is 1. The topological polar surface area (TPSA) is 43.4 Å². The van der Waals surface area contributed by atoms with Crippen LogP contribution >= 0.6 is 11.3 Å². The van der Waals surface area contributed by atoms with E-state index in [1.54, 1.807) is 7.11 Å². The maximum atomic E-state index is 5.56. The number of hydrogen-bond donors (Lipinski definition) is 1. The summed E-state index contributed by atoms with van der Waals surface area (Å²) in [5, 5.41) is 4.67. The van der Waals surface area contributed by atoms with Crippen LogP contribution in [0.15, 0.2) is 0 Å². The van der Waals surface area contributed by atoms with E-state index in [0.717, 1.165) is 44.8 Å². The molecule has 1 unspecified atom stereocenters. The van der Waals surface area contributed by atoms with Crippen LogP contribution in [0.4, 0.5) is 0 Å². The number of hydrogen-bond acceptors (Lipinski definition) is 5. The summed E-state index contributed by atoms with van der Waals surface area (Å²) in [6, 6.07) is 0. The molecule has 0 saturated carbocycles. The normalized spacial score (nSPS) is 19.8. The van der Waals surface area contributed by atoms with Gasteiger partial charge in [-0.15, -0.1) is 11.3 Å². The molecule has 5 heteroatoms. The SMILES string of the molecule is CCCNCc1sc(C2CCCOC2)nc1COC. The van der Waals surface area contributed by atoms with E-state index < -0.39 is 0 Å². The molecule has 0 bridgehead atoms. The van der Waals surface area contributed by atoms with Gasteiger partial charge in [0.2, 0.25) is 0 Å². The molecule has 1 fully saturated rings. The molecule has 2 rings (SSSR count). The van der Waals surface area contributed by atoms with Gasteiger partial charge in [0.05, 0.1) is 23.9 Å². The van der Waals surface area contributed by atoms with Crippen LogP contribution < -0.4 is 5.32 Å². The van der Waals surface area contributed by atoms with Gasteiger partial charge < -0.3 is 14.8 Å². The van der Waals surface area contributed by atoms with Crippen molar-refractivity contribution in [2.45, 2.75) is 45.3 Å². The lowest BCUT2D eigenvalue weighted by atomic mass is 10.0. The van der Waals surface area contributed by atoms with Crippen molar-refractivity contribution in [2.24, 2.45) is 0 Å². The molecule has 1 aliphatic rings. The number of ether oxygens (including phenoxy) is 2. The molecule has 1 saturated heterocycles. The van der Waals surface area contributed by atoms with Gasteiger partial charge in [-0.25, -0.2) is 4.98 Å². The van der Waals surface area contributed by atoms with Crippen LogP contribution in [0, 0.1) is 0 Å². The summed E-state index contributed by atoms with van der Waals surface area (Å²) in [5.41, 5.74) is 1.09. The number of thiazole rings is 1. The standard InChI is InChI=1S/C14H24N2O2S/c1-3-6-15-8-13-12(10-17-2)16-14(19-13)11-5-4-7-18-9-11/h11,15H,3-10H2,1-2H3. The first-order valence-electron chi connectivity index (χ1n) is 7.11. The predicted octanol–water partition coefficient (Wildman–Crippen LogP) is 2.68. The first kappa shape index (κ1) is 14.9. The lowest BCUT2D eigenvalue weighted by molar-refractivity contribution is 0.0802. The highest BCUT2D eigenvalue weighted by Crippen LogP contribution is 2.31. The molecular weight excluding hydrogens is 260 g/mol. The zero-order valence-corrected chi connectivity index (χ0v) is 12.7. The van der Waals surface area contributed by atoms with Gasteiger partial charge in [-0.05, 0) is 25.8 Å². The first-order valence-corrected chi connectivity index (χ1v) is 7.92. The molecule has 0 aromatic carbocycles. The Morgan fingerprint density at radius 2 is 2.42 bits per heavy atom. The Balaban J connectivity index is 2.04. The fourth-order valence-electron chi connectivity index (χ4n) is 2.28. The van der Waals surface area contributed by atoms with E-state index in [-0.39, 0.29) is 0 Å². The molecule has 0 radical (unpaired) electrons. The molecule has 19 heavy (non-hydrogen) atoms. The van der Waals surface area contributed by atoms with Crippen molar-refractivity contribution in [1.29, 1.82) is 0 Å². The minimum Gasteiger partial charge on any atom is -0.381 e. The third-order valence-corrected chi connectivity index (χ3v) is 4.56. The number of nitrogens with zero attached hydrogens (tertiary/aromatic N) is 1. The van der Waals surface area contributed by atoms with Crippen molar-refractivity contribution in [1.82, 2.24) is 10.3 Å². The molecule has 0 aliphatic carbocycles. The van der Waals surface area contributed by atoms with Crippen LogP contribution in [0.3, 0.4) is 0 Å². The summed E-state index contributed by atoms with van der Waals surface area (Å²) in [6.45, 7) is 6.46. The summed E-state index contributed by atoms with van der Waals surface area (Å²) in [6.07, 6.45) is 3.50. The van der Waals surface area contributed by atoms with Gasteiger partial charge in [0.15, 0.2) is 0 Å². The monoisotopic (exact) mass is 284 g/mol. The molecule has 1 aromatic rings. The zero-order valence-electron chi connectivity index (χ0n) is 11.9. The van der Waals surface area contributed by atoms with Gasteiger partial charge >= 0.3 is 0 Å². The molecule has 1 N–H and O–H groups in total. The van der Waals surface area contributed by atoms with Crippen molar-refractivity contribution < 1.29 is 9.47 Å². The molecule has 1 aromatic heterocycles. The van der Waals surface area contributed by atoms with Crippen LogP contribution in [-0.4, -0.2) is 31.9 Å². The van der Waals surface area contributed by atoms with Gasteiger partial charge in [-0.3, -0.25) is 0 Å². The molecule has 108 valence electrons. The largest absolute Gasteiger partial charge is 0.381 e. The Morgan fingerprint density at radius 3 is 3.11 bits per heavy atom. The first-order chi connectivity index (χ1) is 9.35. The summed E-state index contributed by atoms with van der Waals surface area (Å²) in [5.74, 6) is 0.481. The van der Waals surface area contributed by atoms with Crippen molar-refractivity contribution in [3.05, 3.63) is 15.6 Å². The lowest BCUT2D eigenvalue weighted by Crippen LogP contribution is -2.15. The molecule has 1 atom stereocenters. The van der Waals surface area contributed by atoms with E-state index in [9.17, 15) is 0 Å². The molecular formula is C14H24N2O2S. The minimum atomic E-state index is 0.481. The quantitative estimate of drug-likeness (QED) is 0.782. The Hall–Kier alpha value is -0.490. The highest BCUT2D eigenvalue weighted by atomic mass is 32.1. The van der Waals surface area contributed by atoms with Crippen molar-refractivity contribution in [3.63, 3.8) is 0 Å². The van der Waals surface area contributed by atoms with Gasteiger partial charge in [-0.1, -0.05) is 6.92 Å². The summed E-state index contributed by atoms with van der Waals surface area (Å²) in [7, 11) is 1.73. The summed E-state index contributed by atoms with van der Waals surface area (Å²) >= 11 is 1.82. The van der Waals surface area contributed by atoms with Gasteiger partial charge in [-0.2, -0.15) is 0 Å². The maximum Gasteiger partial charge on any atom is 0.0986 e. The van der Waals surface area contributed by atoms with Crippen LogP contribution in [-0.2, 0) is 22.6 Å². The van der Waals surface area contributed by atoms with E-state index >= 15 is 0 Å². The summed E-state index contributed by atoms with van der Waals surface area (Å²) in [4.78, 5) is 6.09. The van der Waals surface area contributed by atoms with Crippen molar-refractivity contribution in [2.75, 3.05) is 26.9 Å². The number of methoxy groups -OCH3 is 1. The Labute approximate surface area is 119 Å². The Bertz CT molecular complexity index is 376. The highest BCUT2D eigenvalue weighted by molar-refractivity contribution is 7.11. The second-order valence-corrected chi connectivity index (χ2v) is 6.06. The Kier molecular flexibility index (Phi) is 6.23. The van der Waals surface area contributed by atoms with E-state index in [4.69, 9.17) is 14.5 Å². The molecule has 2 heterocycles. The zero-order chi connectivity index (χ0) is 13.5. The fraction of sp³-hybridized carbons (Fsp3) is 0.786. The van der Waals surface area contributed by atoms with Gasteiger partial charge in [0.1, 0.15) is 0 Å². The molecule has 0 amide bonds. The van der Waals surface area contributed by atoms with E-state index in [0.29, 0.717) is 12.5 Å². The fourth-order valence-corrected chi connectivity index (χ4v) is 3.44. The van der Waals surface area contributed by atoms with Gasteiger partial charge in [0.25, 0.3) is 0 Å². The predicted molar refractivity (Wildman–Crippen MR) is 77.6 cm³/mol. The van der Waals surface area contributed by atoms with Crippen molar-refractivity contribution in [3.8, 4) is 0 Å².